The van der Waals surface area contributed by atoms with E-state index in [1.165, 1.54) is 88.3 Å². The largest absolute Gasteiger partial charge is 0.333 e. The normalized spacial score (nSPS) is 11.3. The molecule has 0 aliphatic rings. The van der Waals surface area contributed by atoms with E-state index in [1.54, 1.807) is 0 Å². The Bertz CT molecular complexity index is 3950. The van der Waals surface area contributed by atoms with Gasteiger partial charge < -0.3 is 13.8 Å². The monoisotopic (exact) mass is 1530 g/mol. The Labute approximate surface area is 489 Å². The number of pyridine rings is 3. The molecule has 0 amide bonds. The van der Waals surface area contributed by atoms with Gasteiger partial charge in [-0.1, -0.05) is 137 Å². The van der Waals surface area contributed by atoms with E-state index in [1.807, 2.05) is 54.9 Å². The minimum atomic E-state index is 0. The molecule has 0 aliphatic heterocycles. The fraction of sp³-hybridized carbons (Fsp3) is 0.221. The Morgan fingerprint density at radius 1 is 0.487 bits per heavy atom. The van der Waals surface area contributed by atoms with Gasteiger partial charge in [-0.2, -0.15) is 0 Å². The van der Waals surface area contributed by atoms with Crippen LogP contribution in [0.3, 0.4) is 0 Å². The zero-order valence-electron chi connectivity index (χ0n) is 45.2. The second-order valence-corrected chi connectivity index (χ2v) is 21.5. The molecule has 5 nitrogen and oxygen atoms in total. The zero-order valence-corrected chi connectivity index (χ0v) is 52.4. The topological polar surface area (TPSA) is 47.5 Å². The van der Waals surface area contributed by atoms with Crippen molar-refractivity contribution in [2.75, 3.05) is 0 Å². The maximum Gasteiger partial charge on any atom is 0.0639 e. The van der Waals surface area contributed by atoms with Gasteiger partial charge in [-0.05, 0) is 114 Å². The maximum atomic E-state index is 4.93. The molecule has 0 fully saturated rings. The summed E-state index contributed by atoms with van der Waals surface area (Å²) in [6.07, 6.45) is 6.94. The number of hydrogen-bond acceptors (Lipinski definition) is 3. The van der Waals surface area contributed by atoms with Gasteiger partial charge in [0.1, 0.15) is 0 Å². The summed E-state index contributed by atoms with van der Waals surface area (Å²) < 4.78 is 4.67. The van der Waals surface area contributed by atoms with E-state index in [0.29, 0.717) is 11.8 Å². The van der Waals surface area contributed by atoms with Crippen LogP contribution in [0.2, 0.25) is 0 Å². The quantitative estimate of drug-likeness (QED) is 0.123. The summed E-state index contributed by atoms with van der Waals surface area (Å²) in [6, 6.07) is 61.3. The number of fused-ring (bicyclic) bond motifs is 12. The predicted octanol–water partition coefficient (Wildman–Crippen LogP) is 17.8. The number of hydrogen-bond donors (Lipinski definition) is 0. The molecule has 3 radical (unpaired) electrons. The SMILES string of the molecule is Cc1ccc2c(c1)c1ccc[c-]c1c1ncc(-c3c(C(C)C)cccc3C(C)C)n21.Cc1cccc(C)c1-c1cnc2c3[c-]cccc3c3cc(CC(C)(C)C)ccc3n12.Cc1cccnc1-c1[c-]cccc1.[Ir].[Ir].[Ir]. The minimum absolute atomic E-state index is 0. The summed E-state index contributed by atoms with van der Waals surface area (Å²) >= 11 is 0. The van der Waals surface area contributed by atoms with Crippen LogP contribution in [0, 0.1) is 51.3 Å². The van der Waals surface area contributed by atoms with Crippen LogP contribution in [0.15, 0.2) is 164 Å². The van der Waals surface area contributed by atoms with Crippen LogP contribution in [-0.4, -0.2) is 23.8 Å². The molecule has 12 aromatic rings. The van der Waals surface area contributed by atoms with Crippen molar-refractivity contribution in [1.82, 2.24) is 23.8 Å². The Morgan fingerprint density at radius 2 is 1.01 bits per heavy atom. The molecule has 8 heteroatoms. The van der Waals surface area contributed by atoms with Gasteiger partial charge in [0.2, 0.25) is 0 Å². The van der Waals surface area contributed by atoms with Gasteiger partial charge in [0, 0.05) is 101 Å². The minimum Gasteiger partial charge on any atom is -0.333 e. The van der Waals surface area contributed by atoms with Crippen molar-refractivity contribution in [2.24, 2.45) is 5.41 Å². The van der Waals surface area contributed by atoms with Crippen LogP contribution < -0.4 is 0 Å². The second kappa shape index (κ2) is 24.2. The first-order chi connectivity index (χ1) is 35.2. The fourth-order valence-electron chi connectivity index (χ4n) is 10.7. The first-order valence-electron chi connectivity index (χ1n) is 25.7. The number of aryl methyl sites for hydroxylation is 4. The molecule has 5 heterocycles. The first-order valence-corrected chi connectivity index (χ1v) is 25.7. The van der Waals surface area contributed by atoms with Gasteiger partial charge in [0.15, 0.2) is 0 Å². The van der Waals surface area contributed by atoms with E-state index in [4.69, 9.17) is 9.97 Å². The summed E-state index contributed by atoms with van der Waals surface area (Å²) in [6.45, 7) is 24.5. The van der Waals surface area contributed by atoms with E-state index < -0.39 is 0 Å². The molecule has 0 unspecified atom stereocenters. The molecule has 0 saturated heterocycles. The third kappa shape index (κ3) is 11.4. The standard InChI is InChI=1S/2C28H27N2.C12H10N.3Ir/c1-18-9-8-10-19(2)26(18)25-17-29-27-22-12-7-6-11-21(22)23-15-20(16-28(3,4)5)13-14-24(23)30(25)27;1-17(2)20-11-8-12-21(18(3)4)27(20)26-16-29-28-23-10-7-6-9-22(23)24-15-19(5)13-14-25(24)30(26)28;1-10-6-5-9-13-12(10)11-7-3-2-4-8-11;;;/h6-11,13-15,17H,16H2,1-5H3;6-9,11-18H,1-5H3;2-7,9H,1H3;;;/q3*-1;;;. The number of rotatable bonds is 6. The van der Waals surface area contributed by atoms with Gasteiger partial charge in [0.25, 0.3) is 0 Å². The van der Waals surface area contributed by atoms with E-state index in [2.05, 4.69) is 217 Å². The number of nitrogens with zero attached hydrogens (tertiary/aromatic N) is 5. The van der Waals surface area contributed by atoms with E-state index in [9.17, 15) is 0 Å². The van der Waals surface area contributed by atoms with E-state index in [-0.39, 0.29) is 65.7 Å². The first kappa shape index (κ1) is 57.8. The van der Waals surface area contributed by atoms with Crippen molar-refractivity contribution in [3.63, 3.8) is 0 Å². The van der Waals surface area contributed by atoms with Crippen molar-refractivity contribution in [3.8, 4) is 33.8 Å². The van der Waals surface area contributed by atoms with E-state index >= 15 is 0 Å². The summed E-state index contributed by atoms with van der Waals surface area (Å²) in [5.41, 5.74) is 20.7. The summed E-state index contributed by atoms with van der Waals surface area (Å²) in [5.74, 6) is 0.870. The zero-order chi connectivity index (χ0) is 51.1. The average Bonchev–Trinajstić information content (AvgIpc) is 4.03. The third-order valence-corrected chi connectivity index (χ3v) is 14.0. The van der Waals surface area contributed by atoms with Gasteiger partial charge in [-0.25, -0.2) is 0 Å². The molecule has 12 rings (SSSR count). The molecule has 0 aliphatic carbocycles. The van der Waals surface area contributed by atoms with E-state index in [0.717, 1.165) is 45.4 Å². The molecule has 5 aromatic heterocycles. The molecule has 0 bridgehead atoms. The Hall–Kier alpha value is -5.94. The predicted molar refractivity (Wildman–Crippen MR) is 308 cm³/mol. The third-order valence-electron chi connectivity index (χ3n) is 14.0. The summed E-state index contributed by atoms with van der Waals surface area (Å²) in [4.78, 5) is 14.1. The number of aromatic nitrogens is 5. The van der Waals surface area contributed by atoms with Crippen LogP contribution >= 0.6 is 0 Å². The fourth-order valence-corrected chi connectivity index (χ4v) is 10.7. The van der Waals surface area contributed by atoms with Gasteiger partial charge in [-0.15, -0.1) is 95.2 Å². The van der Waals surface area contributed by atoms with Gasteiger partial charge in [-0.3, -0.25) is 9.97 Å². The van der Waals surface area contributed by atoms with Crippen LogP contribution in [0.5, 0.6) is 0 Å². The van der Waals surface area contributed by atoms with Gasteiger partial charge in [0.05, 0.1) is 22.7 Å². The van der Waals surface area contributed by atoms with Crippen LogP contribution in [0.25, 0.3) is 88.4 Å². The molecule has 0 atom stereocenters. The van der Waals surface area contributed by atoms with Crippen molar-refractivity contribution in [3.05, 3.63) is 221 Å². The smallest absolute Gasteiger partial charge is 0.0639 e. The summed E-state index contributed by atoms with van der Waals surface area (Å²) in [7, 11) is 0. The Morgan fingerprint density at radius 3 is 1.55 bits per heavy atom. The molecule has 76 heavy (non-hydrogen) atoms. The molecule has 391 valence electrons. The molecule has 0 N–H and O–H groups in total. The van der Waals surface area contributed by atoms with Crippen LogP contribution in [0.4, 0.5) is 0 Å². The second-order valence-electron chi connectivity index (χ2n) is 21.5. The van der Waals surface area contributed by atoms with Crippen molar-refractivity contribution in [1.29, 1.82) is 0 Å². The summed E-state index contributed by atoms with van der Waals surface area (Å²) in [5, 5.41) is 7.10. The van der Waals surface area contributed by atoms with Crippen molar-refractivity contribution in [2.45, 2.75) is 94.4 Å². The molecule has 0 saturated carbocycles. The van der Waals surface area contributed by atoms with Crippen LogP contribution in [0.1, 0.15) is 99.2 Å². The van der Waals surface area contributed by atoms with Crippen LogP contribution in [-0.2, 0) is 66.7 Å². The number of benzene rings is 7. The van der Waals surface area contributed by atoms with Crippen molar-refractivity contribution < 1.29 is 60.3 Å². The van der Waals surface area contributed by atoms with Gasteiger partial charge >= 0.3 is 0 Å². The maximum absolute atomic E-state index is 4.93. The molecule has 0 spiro atoms. The molecule has 7 aromatic carbocycles. The molecular formula is C68H64Ir3N5-3. The Kier molecular flexibility index (Phi) is 18.4. The van der Waals surface area contributed by atoms with Crippen molar-refractivity contribution >= 4 is 54.6 Å². The molecular weight excluding hydrogens is 1460 g/mol. The number of imidazole rings is 2. The average molecular weight is 1530 g/mol. The Balaban J connectivity index is 0.000000174.